The summed E-state index contributed by atoms with van der Waals surface area (Å²) in [5.74, 6) is 1.94. The van der Waals surface area contributed by atoms with E-state index >= 15 is 0 Å². The second-order valence-electron chi connectivity index (χ2n) is 6.74. The third kappa shape index (κ3) is 5.20. The third-order valence-corrected chi connectivity index (χ3v) is 5.05. The number of piperidine rings is 1. The van der Waals surface area contributed by atoms with Crippen molar-refractivity contribution in [2.45, 2.75) is 19.8 Å². The summed E-state index contributed by atoms with van der Waals surface area (Å²) in [6.45, 7) is 4.13. The largest absolute Gasteiger partial charge is 0.497 e. The number of nitrogens with one attached hydrogen (secondary N) is 1. The molecule has 3 rings (SSSR count). The molecule has 1 saturated heterocycles. The number of ether oxygens (including phenoxy) is 2. The second kappa shape index (κ2) is 8.86. The van der Waals surface area contributed by atoms with E-state index in [2.05, 4.69) is 17.1 Å². The Morgan fingerprint density at radius 1 is 1.04 bits per heavy atom. The van der Waals surface area contributed by atoms with Crippen molar-refractivity contribution in [1.29, 1.82) is 0 Å². The van der Waals surface area contributed by atoms with Gasteiger partial charge in [-0.1, -0.05) is 6.92 Å². The van der Waals surface area contributed by atoms with Crippen LogP contribution in [0.3, 0.4) is 0 Å². The van der Waals surface area contributed by atoms with E-state index in [4.69, 9.17) is 21.7 Å². The lowest BCUT2D eigenvalue weighted by atomic mass is 10.00. The van der Waals surface area contributed by atoms with E-state index in [1.807, 2.05) is 0 Å². The number of benzene rings is 2. The molecule has 1 aliphatic rings. The van der Waals surface area contributed by atoms with Crippen LogP contribution < -0.4 is 14.8 Å². The summed E-state index contributed by atoms with van der Waals surface area (Å²) >= 11 is 5.40. The molecule has 1 amide bonds. The molecule has 0 unspecified atom stereocenters. The molecule has 6 heteroatoms. The van der Waals surface area contributed by atoms with Gasteiger partial charge in [-0.05, 0) is 79.5 Å². The Hall–Kier alpha value is -2.60. The molecule has 0 atom stereocenters. The van der Waals surface area contributed by atoms with Gasteiger partial charge in [0.15, 0.2) is 0 Å². The number of anilines is 1. The van der Waals surface area contributed by atoms with Gasteiger partial charge in [-0.2, -0.15) is 0 Å². The van der Waals surface area contributed by atoms with Crippen LogP contribution in [0.2, 0.25) is 0 Å². The van der Waals surface area contributed by atoms with Crippen molar-refractivity contribution >= 4 is 29.0 Å². The van der Waals surface area contributed by atoms with E-state index in [-0.39, 0.29) is 5.91 Å². The summed E-state index contributed by atoms with van der Waals surface area (Å²) in [6, 6.07) is 14.2. The minimum atomic E-state index is -0.181. The lowest BCUT2D eigenvalue weighted by Gasteiger charge is -2.31. The fourth-order valence-electron chi connectivity index (χ4n) is 2.91. The van der Waals surface area contributed by atoms with E-state index in [9.17, 15) is 4.79 Å². The number of methoxy groups -OCH3 is 1. The molecule has 0 radical (unpaired) electrons. The Morgan fingerprint density at radius 2 is 1.63 bits per heavy atom. The first kappa shape index (κ1) is 19.2. The van der Waals surface area contributed by atoms with Gasteiger partial charge in [0.25, 0.3) is 11.1 Å². The summed E-state index contributed by atoms with van der Waals surface area (Å²) < 4.78 is 10.9. The summed E-state index contributed by atoms with van der Waals surface area (Å²) in [4.78, 5) is 14.5. The molecule has 142 valence electrons. The average Bonchev–Trinajstić information content (AvgIpc) is 2.69. The summed E-state index contributed by atoms with van der Waals surface area (Å²) in [5.41, 5.74) is 1.26. The molecule has 1 aliphatic heterocycles. The molecular formula is C21H24N2O3S. The Bertz CT molecular complexity index is 782. The quantitative estimate of drug-likeness (QED) is 0.795. The van der Waals surface area contributed by atoms with Crippen LogP contribution in [0.1, 0.15) is 30.1 Å². The number of nitrogens with zero attached hydrogens (tertiary/aromatic N) is 1. The molecule has 27 heavy (non-hydrogen) atoms. The molecule has 0 saturated carbocycles. The molecule has 1 fully saturated rings. The van der Waals surface area contributed by atoms with Crippen LogP contribution in [0.5, 0.6) is 11.5 Å². The van der Waals surface area contributed by atoms with Gasteiger partial charge < -0.3 is 19.7 Å². The second-order valence-corrected chi connectivity index (χ2v) is 7.09. The Labute approximate surface area is 165 Å². The van der Waals surface area contributed by atoms with Gasteiger partial charge in [-0.15, -0.1) is 0 Å². The highest BCUT2D eigenvalue weighted by molar-refractivity contribution is 7.80. The molecule has 2 aromatic rings. The van der Waals surface area contributed by atoms with Crippen molar-refractivity contribution in [1.82, 2.24) is 4.90 Å². The SMILES string of the molecule is COc1ccc(NC(=O)c2ccc(OC(=S)N3CCC(C)CC3)cc2)cc1. The normalized spacial score (nSPS) is 14.5. The predicted octanol–water partition coefficient (Wildman–Crippen LogP) is 4.34. The predicted molar refractivity (Wildman–Crippen MR) is 111 cm³/mol. The fraction of sp³-hybridized carbons (Fsp3) is 0.333. The molecule has 0 aliphatic carbocycles. The van der Waals surface area contributed by atoms with Crippen molar-refractivity contribution in [2.75, 3.05) is 25.5 Å². The van der Waals surface area contributed by atoms with Gasteiger partial charge in [-0.25, -0.2) is 0 Å². The first-order chi connectivity index (χ1) is 13.0. The molecule has 2 aromatic carbocycles. The highest BCUT2D eigenvalue weighted by Gasteiger charge is 2.19. The molecule has 0 bridgehead atoms. The fourth-order valence-corrected chi connectivity index (χ4v) is 3.19. The van der Waals surface area contributed by atoms with Gasteiger partial charge in [-0.3, -0.25) is 4.79 Å². The Balaban J connectivity index is 1.55. The minimum absolute atomic E-state index is 0.181. The number of hydrogen-bond donors (Lipinski definition) is 1. The van der Waals surface area contributed by atoms with Crippen LogP contribution in [0.4, 0.5) is 5.69 Å². The highest BCUT2D eigenvalue weighted by atomic mass is 32.1. The van der Waals surface area contributed by atoms with Gasteiger partial charge >= 0.3 is 0 Å². The van der Waals surface area contributed by atoms with Crippen molar-refractivity contribution in [2.24, 2.45) is 5.92 Å². The standard InChI is InChI=1S/C21H24N2O3S/c1-15-11-13-23(14-12-15)21(27)26-19-7-3-16(4-8-19)20(24)22-17-5-9-18(25-2)10-6-17/h3-10,15H,11-14H2,1-2H3,(H,22,24). The van der Waals surface area contributed by atoms with Crippen LogP contribution in [0.25, 0.3) is 0 Å². The number of amides is 1. The van der Waals surface area contributed by atoms with Crippen molar-refractivity contribution in [3.05, 3.63) is 54.1 Å². The zero-order valence-corrected chi connectivity index (χ0v) is 16.4. The van der Waals surface area contributed by atoms with Crippen molar-refractivity contribution in [3.8, 4) is 11.5 Å². The summed E-state index contributed by atoms with van der Waals surface area (Å²) in [7, 11) is 1.61. The highest BCUT2D eigenvalue weighted by Crippen LogP contribution is 2.20. The number of carbonyl (C=O) groups is 1. The molecule has 1 heterocycles. The summed E-state index contributed by atoms with van der Waals surface area (Å²) in [5, 5.41) is 3.35. The number of hydrogen-bond acceptors (Lipinski definition) is 4. The molecule has 5 nitrogen and oxygen atoms in total. The smallest absolute Gasteiger partial charge is 0.264 e. The Kier molecular flexibility index (Phi) is 6.29. The monoisotopic (exact) mass is 384 g/mol. The van der Waals surface area contributed by atoms with Crippen LogP contribution >= 0.6 is 12.2 Å². The molecule has 1 N–H and O–H groups in total. The topological polar surface area (TPSA) is 50.8 Å². The first-order valence-electron chi connectivity index (χ1n) is 9.07. The van der Waals surface area contributed by atoms with Crippen LogP contribution in [-0.2, 0) is 0 Å². The average molecular weight is 385 g/mol. The summed E-state index contributed by atoms with van der Waals surface area (Å²) in [6.07, 6.45) is 2.27. The number of thiocarbonyl (C=S) groups is 1. The maximum atomic E-state index is 12.4. The van der Waals surface area contributed by atoms with E-state index < -0.39 is 0 Å². The van der Waals surface area contributed by atoms with Gasteiger partial charge in [0.1, 0.15) is 11.5 Å². The van der Waals surface area contributed by atoms with E-state index in [1.54, 1.807) is 55.6 Å². The van der Waals surface area contributed by atoms with Crippen LogP contribution in [0, 0.1) is 5.92 Å². The zero-order valence-electron chi connectivity index (χ0n) is 15.6. The van der Waals surface area contributed by atoms with Gasteiger partial charge in [0.2, 0.25) is 0 Å². The maximum Gasteiger partial charge on any atom is 0.264 e. The van der Waals surface area contributed by atoms with E-state index in [0.29, 0.717) is 22.2 Å². The van der Waals surface area contributed by atoms with E-state index in [1.165, 1.54) is 0 Å². The number of rotatable bonds is 4. The Morgan fingerprint density at radius 3 is 2.22 bits per heavy atom. The number of carbonyl (C=O) groups excluding carboxylic acids is 1. The van der Waals surface area contributed by atoms with E-state index in [0.717, 1.165) is 37.6 Å². The molecule has 0 aromatic heterocycles. The van der Waals surface area contributed by atoms with Crippen molar-refractivity contribution < 1.29 is 14.3 Å². The third-order valence-electron chi connectivity index (χ3n) is 4.71. The first-order valence-corrected chi connectivity index (χ1v) is 9.48. The molecular weight excluding hydrogens is 360 g/mol. The zero-order chi connectivity index (χ0) is 19.2. The lowest BCUT2D eigenvalue weighted by molar-refractivity contribution is 0.102. The van der Waals surface area contributed by atoms with Crippen LogP contribution in [-0.4, -0.2) is 36.2 Å². The maximum absolute atomic E-state index is 12.4. The van der Waals surface area contributed by atoms with Crippen LogP contribution in [0.15, 0.2) is 48.5 Å². The van der Waals surface area contributed by atoms with Gasteiger partial charge in [0.05, 0.1) is 7.11 Å². The van der Waals surface area contributed by atoms with Gasteiger partial charge in [0, 0.05) is 24.3 Å². The minimum Gasteiger partial charge on any atom is -0.497 e. The van der Waals surface area contributed by atoms with Crippen molar-refractivity contribution in [3.63, 3.8) is 0 Å². The number of likely N-dealkylation sites (tertiary alicyclic amines) is 1. The molecule has 0 spiro atoms. The lowest BCUT2D eigenvalue weighted by Crippen LogP contribution is -2.39.